The van der Waals surface area contributed by atoms with E-state index in [0.29, 0.717) is 11.5 Å². The fourth-order valence-corrected chi connectivity index (χ4v) is 4.28. The lowest BCUT2D eigenvalue weighted by molar-refractivity contribution is -0.384. The van der Waals surface area contributed by atoms with Crippen LogP contribution in [0.4, 0.5) is 11.4 Å². The van der Waals surface area contributed by atoms with Crippen molar-refractivity contribution in [1.82, 2.24) is 0 Å². The van der Waals surface area contributed by atoms with Crippen LogP contribution in [-0.2, 0) is 4.74 Å². The van der Waals surface area contributed by atoms with Crippen LogP contribution >= 0.6 is 0 Å². The summed E-state index contributed by atoms with van der Waals surface area (Å²) in [6.45, 7) is 1.92. The molecule has 138 valence electrons. The Morgan fingerprint density at radius 2 is 1.96 bits per heavy atom. The molecule has 0 radical (unpaired) electrons. The molecule has 1 N–H and O–H groups in total. The minimum atomic E-state index is -0.389. The highest BCUT2D eigenvalue weighted by atomic mass is 16.6. The number of nitrogens with one attached hydrogen (secondary N) is 1. The van der Waals surface area contributed by atoms with E-state index in [2.05, 4.69) is 17.5 Å². The zero-order chi connectivity index (χ0) is 19.1. The highest BCUT2D eigenvalue weighted by Gasteiger charge is 2.39. The number of hydrogen-bond donors (Lipinski definition) is 1. The normalized spacial score (nSPS) is 22.5. The molecule has 2 aliphatic rings. The van der Waals surface area contributed by atoms with Crippen molar-refractivity contribution in [2.45, 2.75) is 25.3 Å². The first-order chi connectivity index (χ1) is 13.0. The molecule has 1 aliphatic carbocycles. The second-order valence-corrected chi connectivity index (χ2v) is 7.02. The van der Waals surface area contributed by atoms with Crippen molar-refractivity contribution in [3.05, 3.63) is 80.9 Å². The lowest BCUT2D eigenvalue weighted by Gasteiger charge is -2.38. The van der Waals surface area contributed by atoms with E-state index in [1.54, 1.807) is 12.1 Å². The van der Waals surface area contributed by atoms with Crippen molar-refractivity contribution >= 4 is 17.3 Å². The van der Waals surface area contributed by atoms with Crippen molar-refractivity contribution < 1.29 is 14.5 Å². The van der Waals surface area contributed by atoms with Crippen LogP contribution in [0.2, 0.25) is 0 Å². The Morgan fingerprint density at radius 3 is 2.63 bits per heavy atom. The topological polar surface area (TPSA) is 81.5 Å². The number of allylic oxidation sites excluding steroid dienone is 2. The summed E-state index contributed by atoms with van der Waals surface area (Å²) in [4.78, 5) is 22.6. The Labute approximate surface area is 157 Å². The molecule has 6 heteroatoms. The molecule has 0 saturated carbocycles. The molecule has 0 saturated heterocycles. The summed E-state index contributed by atoms with van der Waals surface area (Å²) in [5, 5.41) is 14.5. The average molecular weight is 364 g/mol. The molecule has 0 bridgehead atoms. The lowest BCUT2D eigenvalue weighted by atomic mass is 9.76. The van der Waals surface area contributed by atoms with Gasteiger partial charge in [0.05, 0.1) is 23.6 Å². The number of esters is 1. The van der Waals surface area contributed by atoms with Crippen LogP contribution < -0.4 is 5.32 Å². The van der Waals surface area contributed by atoms with E-state index in [0.717, 1.165) is 23.2 Å². The molecule has 6 nitrogen and oxygen atoms in total. The van der Waals surface area contributed by atoms with Gasteiger partial charge in [-0.25, -0.2) is 4.79 Å². The number of ether oxygens (including phenoxy) is 1. The Kier molecular flexibility index (Phi) is 4.18. The number of nitro groups is 1. The van der Waals surface area contributed by atoms with Gasteiger partial charge in [0.15, 0.2) is 0 Å². The van der Waals surface area contributed by atoms with Crippen LogP contribution in [0.15, 0.2) is 48.6 Å². The third-order valence-electron chi connectivity index (χ3n) is 5.67. The molecule has 0 aromatic heterocycles. The van der Waals surface area contributed by atoms with Crippen molar-refractivity contribution in [1.29, 1.82) is 0 Å². The molecule has 0 spiro atoms. The first kappa shape index (κ1) is 17.3. The van der Waals surface area contributed by atoms with Gasteiger partial charge in [0.25, 0.3) is 5.69 Å². The second kappa shape index (κ2) is 6.54. The van der Waals surface area contributed by atoms with Crippen LogP contribution in [-0.4, -0.2) is 18.0 Å². The van der Waals surface area contributed by atoms with E-state index in [4.69, 9.17) is 4.74 Å². The first-order valence-corrected chi connectivity index (χ1v) is 8.90. The Bertz CT molecular complexity index is 949. The van der Waals surface area contributed by atoms with E-state index in [1.807, 2.05) is 31.2 Å². The van der Waals surface area contributed by atoms with Crippen LogP contribution in [0.5, 0.6) is 0 Å². The number of nitro benzene ring substituents is 1. The van der Waals surface area contributed by atoms with Gasteiger partial charge in [-0.1, -0.05) is 30.4 Å². The zero-order valence-corrected chi connectivity index (χ0v) is 15.1. The van der Waals surface area contributed by atoms with Gasteiger partial charge < -0.3 is 10.1 Å². The molecular formula is C21H20N2O4. The summed E-state index contributed by atoms with van der Waals surface area (Å²) < 4.78 is 4.90. The largest absolute Gasteiger partial charge is 0.465 e. The van der Waals surface area contributed by atoms with Crippen molar-refractivity contribution in [3.63, 3.8) is 0 Å². The Morgan fingerprint density at radius 1 is 1.22 bits per heavy atom. The van der Waals surface area contributed by atoms with Gasteiger partial charge in [-0.05, 0) is 42.0 Å². The number of rotatable bonds is 3. The van der Waals surface area contributed by atoms with Gasteiger partial charge in [0, 0.05) is 23.7 Å². The predicted molar refractivity (Wildman–Crippen MR) is 102 cm³/mol. The van der Waals surface area contributed by atoms with Crippen LogP contribution in [0, 0.1) is 23.0 Å². The number of methoxy groups -OCH3 is 1. The van der Waals surface area contributed by atoms with Crippen LogP contribution in [0.1, 0.15) is 45.4 Å². The summed E-state index contributed by atoms with van der Waals surface area (Å²) in [7, 11) is 1.38. The first-order valence-electron chi connectivity index (χ1n) is 8.90. The molecule has 0 fully saturated rings. The molecule has 1 aliphatic heterocycles. The molecule has 4 rings (SSSR count). The zero-order valence-electron chi connectivity index (χ0n) is 15.1. The lowest BCUT2D eigenvalue weighted by Crippen LogP contribution is -2.30. The predicted octanol–water partition coefficient (Wildman–Crippen LogP) is 4.52. The number of nitrogens with zero attached hydrogens (tertiary/aromatic N) is 1. The number of carbonyl (C=O) groups is 1. The van der Waals surface area contributed by atoms with Crippen molar-refractivity contribution in [3.8, 4) is 0 Å². The smallest absolute Gasteiger partial charge is 0.338 e. The summed E-state index contributed by atoms with van der Waals surface area (Å²) in [5.74, 6) is 0.238. The highest BCUT2D eigenvalue weighted by Crippen LogP contribution is 2.51. The molecule has 0 unspecified atom stereocenters. The van der Waals surface area contributed by atoms with E-state index >= 15 is 0 Å². The molecule has 0 amide bonds. The third-order valence-corrected chi connectivity index (χ3v) is 5.67. The number of carbonyl (C=O) groups excluding carboxylic acids is 1. The molecule has 1 heterocycles. The monoisotopic (exact) mass is 364 g/mol. The van der Waals surface area contributed by atoms with E-state index in [9.17, 15) is 14.9 Å². The van der Waals surface area contributed by atoms with Gasteiger partial charge in [-0.2, -0.15) is 0 Å². The number of fused-ring (bicyclic) bond motifs is 3. The Hall–Kier alpha value is -3.15. The number of hydrogen-bond acceptors (Lipinski definition) is 5. The standard InChI is InChI=1S/C21H20N2O4/c1-12-15(21(24)27-2)10-11-18-16-4-3-5-17(16)20(22-19(12)18)13-6-8-14(9-7-13)23(25)26/h3-4,6-11,16-17,20,22H,5H2,1-2H3/t16-,17-,20+/m1/s1. The van der Waals surface area contributed by atoms with Gasteiger partial charge in [-0.15, -0.1) is 0 Å². The van der Waals surface area contributed by atoms with E-state index < -0.39 is 0 Å². The Balaban J connectivity index is 1.77. The van der Waals surface area contributed by atoms with Gasteiger partial charge in [0.1, 0.15) is 0 Å². The van der Waals surface area contributed by atoms with Crippen molar-refractivity contribution in [2.75, 3.05) is 12.4 Å². The summed E-state index contributed by atoms with van der Waals surface area (Å²) >= 11 is 0. The molecule has 3 atom stereocenters. The number of non-ortho nitro benzene ring substituents is 1. The van der Waals surface area contributed by atoms with E-state index in [-0.39, 0.29) is 28.5 Å². The summed E-state index contributed by atoms with van der Waals surface area (Å²) in [6, 6.07) is 10.6. The number of benzene rings is 2. The molecule has 2 aromatic rings. The molecule has 2 aromatic carbocycles. The summed E-state index contributed by atoms with van der Waals surface area (Å²) in [6.07, 6.45) is 5.35. The van der Waals surface area contributed by atoms with Gasteiger partial charge in [0.2, 0.25) is 0 Å². The minimum Gasteiger partial charge on any atom is -0.465 e. The van der Waals surface area contributed by atoms with Gasteiger partial charge >= 0.3 is 5.97 Å². The SMILES string of the molecule is COC(=O)c1ccc2c(c1C)N[C@@H](c1ccc([N+](=O)[O-])cc1)[C@@H]1CC=C[C@@H]21. The maximum absolute atomic E-state index is 12.1. The second-order valence-electron chi connectivity index (χ2n) is 7.02. The third kappa shape index (κ3) is 2.77. The maximum atomic E-state index is 12.1. The number of anilines is 1. The quantitative estimate of drug-likeness (QED) is 0.375. The molecular weight excluding hydrogens is 344 g/mol. The van der Waals surface area contributed by atoms with Crippen LogP contribution in [0.25, 0.3) is 0 Å². The minimum absolute atomic E-state index is 0.0184. The van der Waals surface area contributed by atoms with Gasteiger partial charge in [-0.3, -0.25) is 10.1 Å². The van der Waals surface area contributed by atoms with E-state index in [1.165, 1.54) is 12.7 Å². The average Bonchev–Trinajstić information content (AvgIpc) is 3.17. The summed E-state index contributed by atoms with van der Waals surface area (Å²) in [5.41, 5.74) is 4.63. The fraction of sp³-hybridized carbons (Fsp3) is 0.286. The molecule has 27 heavy (non-hydrogen) atoms. The fourth-order valence-electron chi connectivity index (χ4n) is 4.28. The van der Waals surface area contributed by atoms with Crippen LogP contribution in [0.3, 0.4) is 0 Å². The van der Waals surface area contributed by atoms with Crippen molar-refractivity contribution in [2.24, 2.45) is 5.92 Å². The maximum Gasteiger partial charge on any atom is 0.338 e. The highest BCUT2D eigenvalue weighted by molar-refractivity contribution is 5.93.